The molecule has 2 N–H and O–H groups in total. The van der Waals surface area contributed by atoms with Gasteiger partial charge in [0.25, 0.3) is 0 Å². The van der Waals surface area contributed by atoms with Gasteiger partial charge in [-0.1, -0.05) is 32.9 Å². The molecule has 5 heteroatoms. The summed E-state index contributed by atoms with van der Waals surface area (Å²) in [6.45, 7) is 6.89. The fourth-order valence-electron chi connectivity index (χ4n) is 2.07. The van der Waals surface area contributed by atoms with Gasteiger partial charge in [-0.25, -0.2) is 8.42 Å². The van der Waals surface area contributed by atoms with Gasteiger partial charge in [-0.05, 0) is 30.5 Å². The molecule has 0 atom stereocenters. The molecule has 0 spiro atoms. The molecule has 0 bridgehead atoms. The van der Waals surface area contributed by atoms with E-state index in [4.69, 9.17) is 5.73 Å². The van der Waals surface area contributed by atoms with E-state index in [0.29, 0.717) is 16.8 Å². The molecule has 0 fully saturated rings. The van der Waals surface area contributed by atoms with Crippen molar-refractivity contribution >= 4 is 21.3 Å². The molecule has 4 nitrogen and oxygen atoms in total. The van der Waals surface area contributed by atoms with E-state index in [-0.39, 0.29) is 23.8 Å². The number of allylic oxidation sites excluding steroid dienone is 1. The Kier molecular flexibility index (Phi) is 5.11. The number of sulfone groups is 1. The van der Waals surface area contributed by atoms with Gasteiger partial charge in [0.15, 0.2) is 15.6 Å². The second kappa shape index (κ2) is 6.22. The molecule has 0 heterocycles. The van der Waals surface area contributed by atoms with Gasteiger partial charge in [0.05, 0.1) is 10.6 Å². The van der Waals surface area contributed by atoms with E-state index >= 15 is 0 Å². The molecular weight excluding hydrogens is 274 g/mol. The number of rotatable bonds is 5. The highest BCUT2D eigenvalue weighted by molar-refractivity contribution is 7.91. The lowest BCUT2D eigenvalue weighted by Gasteiger charge is -2.13. The molecule has 0 unspecified atom stereocenters. The lowest BCUT2D eigenvalue weighted by atomic mass is 9.94. The van der Waals surface area contributed by atoms with E-state index in [0.717, 1.165) is 0 Å². The maximum Gasteiger partial charge on any atom is 0.178 e. The van der Waals surface area contributed by atoms with Crippen LogP contribution in [0.2, 0.25) is 0 Å². The Morgan fingerprint density at radius 3 is 2.10 bits per heavy atom. The molecule has 0 aliphatic rings. The molecule has 1 aromatic rings. The van der Waals surface area contributed by atoms with Crippen molar-refractivity contribution in [2.75, 3.05) is 5.75 Å². The van der Waals surface area contributed by atoms with Crippen LogP contribution in [0.25, 0.3) is 5.70 Å². The van der Waals surface area contributed by atoms with Gasteiger partial charge in [-0.15, -0.1) is 0 Å². The number of hydrogen-bond donors (Lipinski definition) is 1. The Morgan fingerprint density at radius 2 is 1.75 bits per heavy atom. The Balaban J connectivity index is 0.00000400. The van der Waals surface area contributed by atoms with E-state index in [9.17, 15) is 13.2 Å². The summed E-state index contributed by atoms with van der Waals surface area (Å²) < 4.78 is 23.5. The van der Waals surface area contributed by atoms with Crippen molar-refractivity contribution < 1.29 is 14.6 Å². The molecule has 0 radical (unpaired) electrons. The van der Waals surface area contributed by atoms with E-state index in [2.05, 4.69) is 0 Å². The van der Waals surface area contributed by atoms with Crippen LogP contribution >= 0.6 is 0 Å². The average molecular weight is 297 g/mol. The van der Waals surface area contributed by atoms with E-state index < -0.39 is 9.84 Å². The zero-order valence-corrected chi connectivity index (χ0v) is 13.1. The molecule has 0 amide bonds. The quantitative estimate of drug-likeness (QED) is 0.848. The molecule has 0 saturated carbocycles. The Labute approximate surface area is 122 Å². The third kappa shape index (κ3) is 3.48. The fourth-order valence-corrected chi connectivity index (χ4v) is 2.96. The topological polar surface area (TPSA) is 77.2 Å². The summed E-state index contributed by atoms with van der Waals surface area (Å²) in [5.74, 6) is 0.0110. The number of carbonyl (C=O) groups is 1. The summed E-state index contributed by atoms with van der Waals surface area (Å²) in [7, 11) is -3.22. The van der Waals surface area contributed by atoms with Gasteiger partial charge < -0.3 is 5.73 Å². The van der Waals surface area contributed by atoms with Crippen LogP contribution in [0.5, 0.6) is 0 Å². The number of hydrogen-bond acceptors (Lipinski definition) is 4. The average Bonchev–Trinajstić information content (AvgIpc) is 2.38. The van der Waals surface area contributed by atoms with Crippen molar-refractivity contribution in [3.05, 3.63) is 35.4 Å². The van der Waals surface area contributed by atoms with Crippen LogP contribution in [-0.2, 0) is 14.6 Å². The van der Waals surface area contributed by atoms with Crippen LogP contribution in [0.3, 0.4) is 0 Å². The normalized spacial score (nSPS) is 13.2. The summed E-state index contributed by atoms with van der Waals surface area (Å²) in [5.41, 5.74) is 7.68. The van der Waals surface area contributed by atoms with E-state index in [1.807, 2.05) is 13.8 Å². The number of ketones is 1. The van der Waals surface area contributed by atoms with Crippen molar-refractivity contribution in [1.29, 1.82) is 0 Å². The number of carbonyl (C=O) groups excluding carboxylic acids is 1. The molecule has 1 rings (SSSR count). The maximum absolute atomic E-state index is 11.7. The number of benzene rings is 1. The van der Waals surface area contributed by atoms with Crippen molar-refractivity contribution in [1.82, 2.24) is 0 Å². The summed E-state index contributed by atoms with van der Waals surface area (Å²) in [4.78, 5) is 11.9. The predicted molar refractivity (Wildman–Crippen MR) is 82.9 cm³/mol. The minimum Gasteiger partial charge on any atom is -0.398 e. The smallest absolute Gasteiger partial charge is 0.178 e. The zero-order valence-electron chi connectivity index (χ0n) is 12.3. The number of Topliss-reactive ketones (excluding diaryl/α,β-unsaturated/α-hetero) is 1. The van der Waals surface area contributed by atoms with Crippen molar-refractivity contribution in [2.24, 2.45) is 11.7 Å². The second-order valence-electron chi connectivity index (χ2n) is 4.97. The monoisotopic (exact) mass is 297 g/mol. The molecular formula is C15H23NO3S. The first-order valence-electron chi connectivity index (χ1n) is 6.54. The first-order valence-corrected chi connectivity index (χ1v) is 8.19. The van der Waals surface area contributed by atoms with E-state index in [1.165, 1.54) is 19.1 Å². The molecule has 112 valence electrons. The highest BCUT2D eigenvalue weighted by Crippen LogP contribution is 2.22. The molecule has 0 saturated heterocycles. The Bertz CT molecular complexity index is 631. The summed E-state index contributed by atoms with van der Waals surface area (Å²) in [6.07, 6.45) is 0. The fraction of sp³-hybridized carbons (Fsp3) is 0.400. The summed E-state index contributed by atoms with van der Waals surface area (Å²) in [5, 5.41) is 0. The minimum atomic E-state index is -3.22. The maximum atomic E-state index is 11.7. The van der Waals surface area contributed by atoms with Gasteiger partial charge in [0, 0.05) is 12.7 Å². The Hall–Kier alpha value is -1.62. The van der Waals surface area contributed by atoms with Crippen LogP contribution in [0.4, 0.5) is 0 Å². The van der Waals surface area contributed by atoms with Crippen LogP contribution in [0, 0.1) is 5.92 Å². The molecule has 0 aliphatic carbocycles. The predicted octanol–water partition coefficient (Wildman–Crippen LogP) is 2.64. The minimum absolute atomic E-state index is 0. The van der Waals surface area contributed by atoms with Crippen LogP contribution in [0.1, 0.15) is 34.7 Å². The highest BCUT2D eigenvalue weighted by Gasteiger charge is 2.16. The summed E-state index contributed by atoms with van der Waals surface area (Å²) >= 11 is 0. The Morgan fingerprint density at radius 1 is 1.25 bits per heavy atom. The standard InChI is InChI=1S/C15H21NO3S.H2/c1-5-20(18,19)13-8-6-12(7-9-13)15(16)14(10(2)3)11(4)17;/h6-10H,5,16H2,1-4H3;1H/b15-14-;. The third-order valence-corrected chi connectivity index (χ3v) is 4.90. The highest BCUT2D eigenvalue weighted by atomic mass is 32.2. The van der Waals surface area contributed by atoms with Crippen LogP contribution in [-0.4, -0.2) is 20.0 Å². The van der Waals surface area contributed by atoms with Crippen LogP contribution < -0.4 is 5.73 Å². The largest absolute Gasteiger partial charge is 0.398 e. The van der Waals surface area contributed by atoms with Crippen molar-refractivity contribution in [2.45, 2.75) is 32.6 Å². The van der Waals surface area contributed by atoms with Crippen molar-refractivity contribution in [3.8, 4) is 0 Å². The molecule has 0 aromatic heterocycles. The lowest BCUT2D eigenvalue weighted by molar-refractivity contribution is -0.113. The van der Waals surface area contributed by atoms with Crippen LogP contribution in [0.15, 0.2) is 34.7 Å². The van der Waals surface area contributed by atoms with E-state index in [1.54, 1.807) is 19.1 Å². The summed E-state index contributed by atoms with van der Waals surface area (Å²) in [6, 6.07) is 6.34. The SMILES string of the molecule is CCS(=O)(=O)c1ccc(/C(N)=C(/C(C)=O)C(C)C)cc1.[HH]. The third-order valence-electron chi connectivity index (χ3n) is 3.15. The molecule has 1 aromatic carbocycles. The molecule has 20 heavy (non-hydrogen) atoms. The first kappa shape index (κ1) is 16.4. The van der Waals surface area contributed by atoms with Gasteiger partial charge in [-0.2, -0.15) is 0 Å². The van der Waals surface area contributed by atoms with Gasteiger partial charge in [-0.3, -0.25) is 4.79 Å². The van der Waals surface area contributed by atoms with Gasteiger partial charge >= 0.3 is 0 Å². The zero-order chi connectivity index (χ0) is 15.5. The van der Waals surface area contributed by atoms with Gasteiger partial charge in [0.2, 0.25) is 0 Å². The van der Waals surface area contributed by atoms with Crippen molar-refractivity contribution in [3.63, 3.8) is 0 Å². The molecule has 0 aliphatic heterocycles. The number of nitrogens with two attached hydrogens (primary N) is 1. The van der Waals surface area contributed by atoms with Gasteiger partial charge in [0.1, 0.15) is 0 Å². The second-order valence-corrected chi connectivity index (χ2v) is 7.24. The first-order chi connectivity index (χ1) is 9.20. The lowest BCUT2D eigenvalue weighted by Crippen LogP contribution is -2.13.